The molecule has 0 unspecified atom stereocenters. The number of carbonyl (C=O) groups is 2. The van der Waals surface area contributed by atoms with E-state index >= 15 is 0 Å². The molecule has 0 aromatic heterocycles. The Morgan fingerprint density at radius 1 is 1.24 bits per heavy atom. The minimum atomic E-state index is -1.35. The van der Waals surface area contributed by atoms with Gasteiger partial charge in [0, 0.05) is 6.42 Å². The summed E-state index contributed by atoms with van der Waals surface area (Å²) in [5.41, 5.74) is -1.35. The third-order valence-corrected chi connectivity index (χ3v) is 2.57. The van der Waals surface area contributed by atoms with Crippen LogP contribution in [0.15, 0.2) is 30.3 Å². The van der Waals surface area contributed by atoms with Gasteiger partial charge in [-0.15, -0.1) is 0 Å². The van der Waals surface area contributed by atoms with Crippen LogP contribution in [0.25, 0.3) is 0 Å². The fourth-order valence-electron chi connectivity index (χ4n) is 1.21. The fraction of sp³-hybridized carbons (Fsp3) is 0.385. The first-order valence-electron chi connectivity index (χ1n) is 5.39. The van der Waals surface area contributed by atoms with Crippen LogP contribution >= 0.6 is 0 Å². The van der Waals surface area contributed by atoms with Crippen LogP contribution in [0.3, 0.4) is 0 Å². The van der Waals surface area contributed by atoms with E-state index in [4.69, 9.17) is 9.84 Å². The quantitative estimate of drug-likeness (QED) is 0.768. The average molecular weight is 236 g/mol. The molecule has 0 amide bonds. The van der Waals surface area contributed by atoms with Gasteiger partial charge in [-0.2, -0.15) is 0 Å². The number of carboxylic acids is 1. The van der Waals surface area contributed by atoms with E-state index in [1.807, 2.05) is 18.2 Å². The van der Waals surface area contributed by atoms with Crippen molar-refractivity contribution in [1.29, 1.82) is 0 Å². The summed E-state index contributed by atoms with van der Waals surface area (Å²) < 4.78 is 5.34. The van der Waals surface area contributed by atoms with E-state index in [0.717, 1.165) is 0 Å². The summed E-state index contributed by atoms with van der Waals surface area (Å²) >= 11 is 0. The van der Waals surface area contributed by atoms with Crippen molar-refractivity contribution in [1.82, 2.24) is 0 Å². The summed E-state index contributed by atoms with van der Waals surface area (Å²) in [4.78, 5) is 22.5. The molecule has 4 heteroatoms. The van der Waals surface area contributed by atoms with Crippen LogP contribution in [0, 0.1) is 5.41 Å². The number of rotatable bonds is 6. The van der Waals surface area contributed by atoms with Crippen molar-refractivity contribution in [2.75, 3.05) is 6.61 Å². The molecule has 0 atom stereocenters. The van der Waals surface area contributed by atoms with Gasteiger partial charge in [0.1, 0.15) is 11.2 Å². The van der Waals surface area contributed by atoms with Crippen LogP contribution in [-0.4, -0.2) is 23.5 Å². The topological polar surface area (TPSA) is 63.6 Å². The van der Waals surface area contributed by atoms with Crippen molar-refractivity contribution in [2.24, 2.45) is 5.41 Å². The number of hydrogen-bond donors (Lipinski definition) is 1. The van der Waals surface area contributed by atoms with Gasteiger partial charge < -0.3 is 9.84 Å². The first-order valence-corrected chi connectivity index (χ1v) is 5.39. The van der Waals surface area contributed by atoms with Gasteiger partial charge in [0.25, 0.3) is 0 Å². The van der Waals surface area contributed by atoms with Crippen molar-refractivity contribution in [2.45, 2.75) is 20.3 Å². The van der Waals surface area contributed by atoms with Crippen LogP contribution in [0.4, 0.5) is 0 Å². The number of ether oxygens (including phenoxy) is 1. The largest absolute Gasteiger partial charge is 0.493 e. The lowest BCUT2D eigenvalue weighted by molar-refractivity contribution is -0.152. The summed E-state index contributed by atoms with van der Waals surface area (Å²) in [6.45, 7) is 3.00. The highest BCUT2D eigenvalue weighted by atomic mass is 16.5. The number of para-hydroxylation sites is 1. The number of carbonyl (C=O) groups excluding carboxylic acids is 1. The van der Waals surface area contributed by atoms with Gasteiger partial charge in [-0.05, 0) is 26.0 Å². The maximum Gasteiger partial charge on any atom is 0.316 e. The molecule has 0 saturated heterocycles. The zero-order chi connectivity index (χ0) is 12.9. The lowest BCUT2D eigenvalue weighted by atomic mass is 9.87. The summed E-state index contributed by atoms with van der Waals surface area (Å²) in [7, 11) is 0. The zero-order valence-corrected chi connectivity index (χ0v) is 9.97. The molecule has 4 nitrogen and oxygen atoms in total. The van der Waals surface area contributed by atoms with Crippen LogP contribution < -0.4 is 4.74 Å². The first kappa shape index (κ1) is 13.2. The number of ketones is 1. The normalized spacial score (nSPS) is 10.9. The zero-order valence-electron chi connectivity index (χ0n) is 9.97. The minimum Gasteiger partial charge on any atom is -0.493 e. The monoisotopic (exact) mass is 236 g/mol. The molecule has 0 saturated carbocycles. The molecule has 17 heavy (non-hydrogen) atoms. The number of carboxylic acid groups (broad SMARTS) is 1. The van der Waals surface area contributed by atoms with E-state index < -0.39 is 11.4 Å². The third-order valence-electron chi connectivity index (χ3n) is 2.57. The van der Waals surface area contributed by atoms with Gasteiger partial charge in [-0.1, -0.05) is 18.2 Å². The second kappa shape index (κ2) is 5.48. The highest BCUT2D eigenvalue weighted by Crippen LogP contribution is 2.19. The van der Waals surface area contributed by atoms with E-state index in [-0.39, 0.29) is 18.8 Å². The first-order chi connectivity index (χ1) is 7.94. The van der Waals surface area contributed by atoms with Gasteiger partial charge in [0.05, 0.1) is 6.61 Å². The third kappa shape index (κ3) is 3.59. The Morgan fingerprint density at radius 3 is 2.35 bits per heavy atom. The van der Waals surface area contributed by atoms with E-state index in [0.29, 0.717) is 5.75 Å². The average Bonchev–Trinajstić information content (AvgIpc) is 2.30. The van der Waals surface area contributed by atoms with Crippen LogP contribution in [0.2, 0.25) is 0 Å². The second-order valence-corrected chi connectivity index (χ2v) is 4.26. The smallest absolute Gasteiger partial charge is 0.316 e. The molecule has 0 heterocycles. The highest BCUT2D eigenvalue weighted by molar-refractivity contribution is 6.02. The molecule has 0 aliphatic heterocycles. The van der Waals surface area contributed by atoms with Gasteiger partial charge in [-0.3, -0.25) is 9.59 Å². The Balaban J connectivity index is 2.42. The number of Topliss-reactive ketones (excluding diaryl/α,β-unsaturated/α-hetero) is 1. The molecule has 0 bridgehead atoms. The molecule has 92 valence electrons. The maximum atomic E-state index is 11.6. The molecule has 0 fully saturated rings. The number of benzene rings is 1. The summed E-state index contributed by atoms with van der Waals surface area (Å²) in [6, 6.07) is 9.10. The highest BCUT2D eigenvalue weighted by Gasteiger charge is 2.35. The van der Waals surface area contributed by atoms with Crippen LogP contribution in [-0.2, 0) is 9.59 Å². The standard InChI is InChI=1S/C13H16O4/c1-13(2,12(15)16)11(14)8-9-17-10-6-4-3-5-7-10/h3-7H,8-9H2,1-2H3,(H,15,16). The van der Waals surface area contributed by atoms with Crippen molar-refractivity contribution in [3.8, 4) is 5.75 Å². The molecule has 1 aromatic carbocycles. The molecule has 1 rings (SSSR count). The van der Waals surface area contributed by atoms with Crippen molar-refractivity contribution in [3.63, 3.8) is 0 Å². The molecule has 1 N–H and O–H groups in total. The Morgan fingerprint density at radius 2 is 1.82 bits per heavy atom. The van der Waals surface area contributed by atoms with E-state index in [2.05, 4.69) is 0 Å². The Hall–Kier alpha value is -1.84. The van der Waals surface area contributed by atoms with E-state index in [1.165, 1.54) is 13.8 Å². The SMILES string of the molecule is CC(C)(C(=O)O)C(=O)CCOc1ccccc1. The van der Waals surface area contributed by atoms with Crippen molar-refractivity contribution >= 4 is 11.8 Å². The summed E-state index contributed by atoms with van der Waals surface area (Å²) in [5.74, 6) is -0.767. The lowest BCUT2D eigenvalue weighted by Gasteiger charge is -2.17. The Kier molecular flexibility index (Phi) is 4.26. The predicted octanol–water partition coefficient (Wildman–Crippen LogP) is 2.14. The number of hydrogen-bond acceptors (Lipinski definition) is 3. The van der Waals surface area contributed by atoms with Gasteiger partial charge in [0.15, 0.2) is 5.78 Å². The van der Waals surface area contributed by atoms with E-state index in [9.17, 15) is 9.59 Å². The molecule has 1 aromatic rings. The molecule has 0 spiro atoms. The van der Waals surface area contributed by atoms with Crippen molar-refractivity contribution in [3.05, 3.63) is 30.3 Å². The molecule has 0 aliphatic rings. The molecule has 0 radical (unpaired) electrons. The molecular formula is C13H16O4. The molecule has 0 aliphatic carbocycles. The second-order valence-electron chi connectivity index (χ2n) is 4.26. The number of aliphatic carboxylic acids is 1. The summed E-state index contributed by atoms with van der Waals surface area (Å²) in [6.07, 6.45) is 0.0915. The van der Waals surface area contributed by atoms with Crippen LogP contribution in [0.1, 0.15) is 20.3 Å². The Labute approximate surface area is 100 Å². The van der Waals surface area contributed by atoms with Gasteiger partial charge in [0.2, 0.25) is 0 Å². The predicted molar refractivity (Wildman–Crippen MR) is 63.0 cm³/mol. The molecular weight excluding hydrogens is 220 g/mol. The van der Waals surface area contributed by atoms with Gasteiger partial charge in [-0.25, -0.2) is 0 Å². The van der Waals surface area contributed by atoms with Crippen LogP contribution in [0.5, 0.6) is 5.75 Å². The Bertz CT molecular complexity index is 395. The fourth-order valence-corrected chi connectivity index (χ4v) is 1.21. The lowest BCUT2D eigenvalue weighted by Crippen LogP contribution is -2.34. The van der Waals surface area contributed by atoms with Crippen molar-refractivity contribution < 1.29 is 19.4 Å². The minimum absolute atomic E-state index is 0.0915. The summed E-state index contributed by atoms with van der Waals surface area (Å²) in [5, 5.41) is 8.87. The van der Waals surface area contributed by atoms with Gasteiger partial charge >= 0.3 is 5.97 Å². The maximum absolute atomic E-state index is 11.6. The van der Waals surface area contributed by atoms with E-state index in [1.54, 1.807) is 12.1 Å².